The molecular formula is C15H27N3. The second-order valence-electron chi connectivity index (χ2n) is 5.67. The van der Waals surface area contributed by atoms with Crippen molar-refractivity contribution >= 4 is 0 Å². The van der Waals surface area contributed by atoms with E-state index in [9.17, 15) is 0 Å². The lowest BCUT2D eigenvalue weighted by Crippen LogP contribution is -2.18. The second-order valence-corrected chi connectivity index (χ2v) is 5.67. The third kappa shape index (κ3) is 2.94. The van der Waals surface area contributed by atoms with Gasteiger partial charge in [-0.1, -0.05) is 6.92 Å². The third-order valence-corrected chi connectivity index (χ3v) is 4.14. The molecule has 1 aromatic heterocycles. The first-order chi connectivity index (χ1) is 8.65. The van der Waals surface area contributed by atoms with Gasteiger partial charge in [-0.15, -0.1) is 0 Å². The van der Waals surface area contributed by atoms with Crippen LogP contribution >= 0.6 is 0 Å². The zero-order chi connectivity index (χ0) is 13.1. The number of hydrogen-bond donors (Lipinski definition) is 1. The van der Waals surface area contributed by atoms with Crippen LogP contribution < -0.4 is 5.32 Å². The normalized spacial score (nSPS) is 17.1. The summed E-state index contributed by atoms with van der Waals surface area (Å²) in [5.74, 6) is 0.870. The lowest BCUT2D eigenvalue weighted by atomic mass is 10.1. The summed E-state index contributed by atoms with van der Waals surface area (Å²) in [4.78, 5) is 0. The molecule has 0 aromatic carbocycles. The Hall–Kier alpha value is -0.830. The molecule has 3 nitrogen and oxygen atoms in total. The zero-order valence-electron chi connectivity index (χ0n) is 12.3. The number of nitrogens with one attached hydrogen (secondary N) is 1. The molecule has 1 N–H and O–H groups in total. The first kappa shape index (κ1) is 13.6. The van der Waals surface area contributed by atoms with Crippen molar-refractivity contribution in [3.05, 3.63) is 17.0 Å². The van der Waals surface area contributed by atoms with Crippen molar-refractivity contribution in [2.45, 2.75) is 59.4 Å². The summed E-state index contributed by atoms with van der Waals surface area (Å²) in [7, 11) is 0. The minimum absolute atomic E-state index is 0.584. The predicted octanol–water partition coefficient (Wildman–Crippen LogP) is 3.01. The average molecular weight is 249 g/mol. The van der Waals surface area contributed by atoms with Crippen LogP contribution in [0.4, 0.5) is 0 Å². The van der Waals surface area contributed by atoms with Gasteiger partial charge in [-0.25, -0.2) is 0 Å². The highest BCUT2D eigenvalue weighted by Gasteiger charge is 2.31. The van der Waals surface area contributed by atoms with Crippen LogP contribution in [-0.2, 0) is 6.42 Å². The standard InChI is InChI=1S/C15H27N3/c1-5-9-16-10-8-15-11(2)17-18(13(15)4)12(3)14-6-7-14/h12,14,16H,5-10H2,1-4H3. The van der Waals surface area contributed by atoms with Crippen LogP contribution in [0.25, 0.3) is 0 Å². The molecule has 0 radical (unpaired) electrons. The third-order valence-electron chi connectivity index (χ3n) is 4.14. The minimum atomic E-state index is 0.584. The first-order valence-corrected chi connectivity index (χ1v) is 7.40. The largest absolute Gasteiger partial charge is 0.316 e. The van der Waals surface area contributed by atoms with E-state index in [1.807, 2.05) is 0 Å². The Morgan fingerprint density at radius 2 is 2.06 bits per heavy atom. The summed E-state index contributed by atoms with van der Waals surface area (Å²) < 4.78 is 2.27. The molecule has 1 aliphatic rings. The summed E-state index contributed by atoms with van der Waals surface area (Å²) in [6.07, 6.45) is 5.07. The van der Waals surface area contributed by atoms with Crippen LogP contribution in [0.15, 0.2) is 0 Å². The van der Waals surface area contributed by atoms with Crippen molar-refractivity contribution < 1.29 is 0 Å². The lowest BCUT2D eigenvalue weighted by molar-refractivity contribution is 0.429. The van der Waals surface area contributed by atoms with Crippen LogP contribution in [0.2, 0.25) is 0 Å². The molecule has 3 heteroatoms. The molecular weight excluding hydrogens is 222 g/mol. The van der Waals surface area contributed by atoms with Crippen molar-refractivity contribution in [1.29, 1.82) is 0 Å². The Kier molecular flexibility index (Phi) is 4.44. The minimum Gasteiger partial charge on any atom is -0.316 e. The fraction of sp³-hybridized carbons (Fsp3) is 0.800. The fourth-order valence-electron chi connectivity index (χ4n) is 2.75. The van der Waals surface area contributed by atoms with E-state index in [1.165, 1.54) is 36.2 Å². The molecule has 0 saturated heterocycles. The van der Waals surface area contributed by atoms with Crippen LogP contribution in [0.5, 0.6) is 0 Å². The quantitative estimate of drug-likeness (QED) is 0.753. The number of rotatable bonds is 7. The van der Waals surface area contributed by atoms with Crippen LogP contribution in [0.3, 0.4) is 0 Å². The van der Waals surface area contributed by atoms with E-state index >= 15 is 0 Å². The molecule has 1 heterocycles. The van der Waals surface area contributed by atoms with E-state index in [-0.39, 0.29) is 0 Å². The predicted molar refractivity (Wildman–Crippen MR) is 76.0 cm³/mol. The zero-order valence-corrected chi connectivity index (χ0v) is 12.3. The molecule has 102 valence electrons. The van der Waals surface area contributed by atoms with Crippen LogP contribution in [0.1, 0.15) is 56.1 Å². The molecule has 0 amide bonds. The summed E-state index contributed by atoms with van der Waals surface area (Å²) in [5.41, 5.74) is 4.05. The van der Waals surface area contributed by atoms with Crippen molar-refractivity contribution in [2.24, 2.45) is 5.92 Å². The lowest BCUT2D eigenvalue weighted by Gasteiger charge is -2.13. The van der Waals surface area contributed by atoms with Crippen molar-refractivity contribution in [3.8, 4) is 0 Å². The summed E-state index contributed by atoms with van der Waals surface area (Å²) in [6, 6.07) is 0.584. The maximum atomic E-state index is 4.76. The van der Waals surface area contributed by atoms with E-state index in [1.54, 1.807) is 0 Å². The highest BCUT2D eigenvalue weighted by atomic mass is 15.3. The topological polar surface area (TPSA) is 29.9 Å². The molecule has 1 aliphatic carbocycles. The Morgan fingerprint density at radius 1 is 1.33 bits per heavy atom. The Morgan fingerprint density at radius 3 is 2.67 bits per heavy atom. The summed E-state index contributed by atoms with van der Waals surface area (Å²) in [5, 5.41) is 8.23. The highest BCUT2D eigenvalue weighted by molar-refractivity contribution is 5.25. The van der Waals surface area contributed by atoms with Gasteiger partial charge >= 0.3 is 0 Å². The summed E-state index contributed by atoms with van der Waals surface area (Å²) in [6.45, 7) is 11.1. The molecule has 0 bridgehead atoms. The van der Waals surface area contributed by atoms with Gasteiger partial charge in [0.05, 0.1) is 11.7 Å². The van der Waals surface area contributed by atoms with Gasteiger partial charge in [0.15, 0.2) is 0 Å². The number of aryl methyl sites for hydroxylation is 1. The van der Waals surface area contributed by atoms with Crippen molar-refractivity contribution in [2.75, 3.05) is 13.1 Å². The van der Waals surface area contributed by atoms with Crippen LogP contribution in [-0.4, -0.2) is 22.9 Å². The number of hydrogen-bond acceptors (Lipinski definition) is 2. The SMILES string of the molecule is CCCNCCc1c(C)nn(C(C)C2CC2)c1C. The molecule has 1 atom stereocenters. The molecule has 2 rings (SSSR count). The van der Waals surface area contributed by atoms with Gasteiger partial charge in [0, 0.05) is 5.69 Å². The van der Waals surface area contributed by atoms with Crippen molar-refractivity contribution in [3.63, 3.8) is 0 Å². The molecule has 18 heavy (non-hydrogen) atoms. The number of aromatic nitrogens is 2. The molecule has 0 spiro atoms. The van der Waals surface area contributed by atoms with E-state index in [4.69, 9.17) is 5.10 Å². The van der Waals surface area contributed by atoms with Gasteiger partial charge in [0.1, 0.15) is 0 Å². The Bertz CT molecular complexity index is 391. The highest BCUT2D eigenvalue weighted by Crippen LogP contribution is 2.40. The molecule has 1 aromatic rings. The van der Waals surface area contributed by atoms with Gasteiger partial charge in [-0.3, -0.25) is 4.68 Å². The Balaban J connectivity index is 2.01. The summed E-state index contributed by atoms with van der Waals surface area (Å²) >= 11 is 0. The fourth-order valence-corrected chi connectivity index (χ4v) is 2.75. The van der Waals surface area contributed by atoms with Gasteiger partial charge in [-0.05, 0) is 71.0 Å². The molecule has 1 fully saturated rings. The van der Waals surface area contributed by atoms with Gasteiger partial charge in [0.25, 0.3) is 0 Å². The van der Waals surface area contributed by atoms with E-state index < -0.39 is 0 Å². The first-order valence-electron chi connectivity index (χ1n) is 7.40. The van der Waals surface area contributed by atoms with E-state index in [0.717, 1.165) is 25.4 Å². The monoisotopic (exact) mass is 249 g/mol. The van der Waals surface area contributed by atoms with Gasteiger partial charge in [0.2, 0.25) is 0 Å². The van der Waals surface area contributed by atoms with Gasteiger partial charge < -0.3 is 5.32 Å². The number of nitrogens with zero attached hydrogens (tertiary/aromatic N) is 2. The van der Waals surface area contributed by atoms with E-state index in [0.29, 0.717) is 6.04 Å². The van der Waals surface area contributed by atoms with Crippen molar-refractivity contribution in [1.82, 2.24) is 15.1 Å². The average Bonchev–Trinajstić information content (AvgIpc) is 3.14. The molecule has 1 unspecified atom stereocenters. The maximum Gasteiger partial charge on any atom is 0.0629 e. The van der Waals surface area contributed by atoms with E-state index in [2.05, 4.69) is 37.7 Å². The van der Waals surface area contributed by atoms with Gasteiger partial charge in [-0.2, -0.15) is 5.10 Å². The Labute approximate surface area is 111 Å². The second kappa shape index (κ2) is 5.87. The smallest absolute Gasteiger partial charge is 0.0629 e. The van der Waals surface area contributed by atoms with Crippen LogP contribution in [0, 0.1) is 19.8 Å². The molecule has 0 aliphatic heterocycles. The maximum absolute atomic E-state index is 4.76. The molecule has 1 saturated carbocycles.